The molecule has 0 radical (unpaired) electrons. The van der Waals surface area contributed by atoms with E-state index in [-0.39, 0.29) is 6.61 Å². The molecular formula is C12H16Cl2O2. The summed E-state index contributed by atoms with van der Waals surface area (Å²) in [5.74, 6) is 1.11. The number of hydrogen-bond donors (Lipinski definition) is 1. The highest BCUT2D eigenvalue weighted by molar-refractivity contribution is 6.35. The van der Waals surface area contributed by atoms with Gasteiger partial charge in [0, 0.05) is 10.6 Å². The Morgan fingerprint density at radius 2 is 2.00 bits per heavy atom. The molecule has 1 rings (SSSR count). The molecule has 1 aromatic carbocycles. The number of rotatable bonds is 5. The Bertz CT molecular complexity index is 351. The van der Waals surface area contributed by atoms with Crippen LogP contribution >= 0.6 is 23.2 Å². The normalized spacial score (nSPS) is 10.9. The van der Waals surface area contributed by atoms with Gasteiger partial charge < -0.3 is 9.84 Å². The van der Waals surface area contributed by atoms with Crippen molar-refractivity contribution in [1.82, 2.24) is 0 Å². The number of halogens is 2. The zero-order valence-corrected chi connectivity index (χ0v) is 11.0. The molecule has 4 heteroatoms. The molecule has 1 aromatic rings. The maximum atomic E-state index is 9.18. The summed E-state index contributed by atoms with van der Waals surface area (Å²) in [5, 5.41) is 10.1. The molecule has 0 heterocycles. The van der Waals surface area contributed by atoms with E-state index in [4.69, 9.17) is 27.9 Å². The van der Waals surface area contributed by atoms with Gasteiger partial charge in [-0.3, -0.25) is 0 Å². The van der Waals surface area contributed by atoms with Gasteiger partial charge >= 0.3 is 0 Å². The zero-order chi connectivity index (χ0) is 12.1. The third-order valence-corrected chi connectivity index (χ3v) is 2.70. The maximum absolute atomic E-state index is 9.18. The maximum Gasteiger partial charge on any atom is 0.143 e. The van der Waals surface area contributed by atoms with Crippen LogP contribution in [0, 0.1) is 5.92 Å². The fourth-order valence-corrected chi connectivity index (χ4v) is 1.88. The van der Waals surface area contributed by atoms with E-state index in [1.54, 1.807) is 12.1 Å². The molecule has 0 amide bonds. The van der Waals surface area contributed by atoms with Crippen LogP contribution in [-0.2, 0) is 6.61 Å². The van der Waals surface area contributed by atoms with Crippen LogP contribution in [0.15, 0.2) is 12.1 Å². The van der Waals surface area contributed by atoms with Crippen molar-refractivity contribution in [3.05, 3.63) is 27.7 Å². The third kappa shape index (κ3) is 3.85. The van der Waals surface area contributed by atoms with Crippen LogP contribution in [0.4, 0.5) is 0 Å². The topological polar surface area (TPSA) is 29.5 Å². The van der Waals surface area contributed by atoms with Gasteiger partial charge in [0.2, 0.25) is 0 Å². The largest absolute Gasteiger partial charge is 0.492 e. The van der Waals surface area contributed by atoms with Crippen molar-refractivity contribution in [2.75, 3.05) is 6.61 Å². The van der Waals surface area contributed by atoms with Crippen LogP contribution in [0.3, 0.4) is 0 Å². The number of ether oxygens (including phenoxy) is 1. The molecule has 0 saturated carbocycles. The Balaban J connectivity index is 2.77. The summed E-state index contributed by atoms with van der Waals surface area (Å²) in [6, 6.07) is 3.28. The molecule has 0 fully saturated rings. The average Bonchev–Trinajstić information content (AvgIpc) is 2.20. The molecule has 0 atom stereocenters. The molecule has 0 saturated heterocycles. The van der Waals surface area contributed by atoms with Crippen molar-refractivity contribution in [2.24, 2.45) is 5.92 Å². The second-order valence-electron chi connectivity index (χ2n) is 4.06. The van der Waals surface area contributed by atoms with Crippen LogP contribution in [0.1, 0.15) is 25.8 Å². The van der Waals surface area contributed by atoms with Gasteiger partial charge in [0.25, 0.3) is 0 Å². The fraction of sp³-hybridized carbons (Fsp3) is 0.500. The molecule has 1 N–H and O–H groups in total. The Hall–Kier alpha value is -0.440. The lowest BCUT2D eigenvalue weighted by atomic mass is 10.1. The first-order chi connectivity index (χ1) is 7.54. The first-order valence-corrected chi connectivity index (χ1v) is 6.01. The quantitative estimate of drug-likeness (QED) is 0.872. The third-order valence-electron chi connectivity index (χ3n) is 2.20. The summed E-state index contributed by atoms with van der Waals surface area (Å²) in [6.45, 7) is 4.71. The highest BCUT2D eigenvalue weighted by Gasteiger charge is 2.10. The van der Waals surface area contributed by atoms with Crippen LogP contribution in [-0.4, -0.2) is 11.7 Å². The van der Waals surface area contributed by atoms with Crippen molar-refractivity contribution in [1.29, 1.82) is 0 Å². The lowest BCUT2D eigenvalue weighted by Crippen LogP contribution is -2.04. The van der Waals surface area contributed by atoms with Gasteiger partial charge in [-0.05, 0) is 24.5 Å². The van der Waals surface area contributed by atoms with Gasteiger partial charge in [-0.1, -0.05) is 37.0 Å². The van der Waals surface area contributed by atoms with Gasteiger partial charge in [-0.15, -0.1) is 0 Å². The van der Waals surface area contributed by atoms with Crippen LogP contribution in [0.2, 0.25) is 10.0 Å². The van der Waals surface area contributed by atoms with Gasteiger partial charge in [0.1, 0.15) is 5.75 Å². The van der Waals surface area contributed by atoms with E-state index in [1.807, 2.05) is 0 Å². The van der Waals surface area contributed by atoms with E-state index < -0.39 is 0 Å². The lowest BCUT2D eigenvalue weighted by Gasteiger charge is -2.13. The summed E-state index contributed by atoms with van der Waals surface area (Å²) >= 11 is 11.8. The SMILES string of the molecule is CC(C)CCOc1c(Cl)cc(Cl)cc1CO. The molecule has 0 aliphatic heterocycles. The van der Waals surface area contributed by atoms with E-state index in [1.165, 1.54) is 0 Å². The number of hydrogen-bond acceptors (Lipinski definition) is 2. The minimum absolute atomic E-state index is 0.128. The van der Waals surface area contributed by atoms with Crippen LogP contribution in [0.25, 0.3) is 0 Å². The van der Waals surface area contributed by atoms with E-state index in [2.05, 4.69) is 13.8 Å². The predicted molar refractivity (Wildman–Crippen MR) is 67.3 cm³/mol. The first-order valence-electron chi connectivity index (χ1n) is 5.26. The number of aliphatic hydroxyl groups is 1. The standard InChI is InChI=1S/C12H16Cl2O2/c1-8(2)3-4-16-12-9(7-15)5-10(13)6-11(12)14/h5-6,8,15H,3-4,7H2,1-2H3. The summed E-state index contributed by atoms with van der Waals surface area (Å²) in [5.41, 5.74) is 0.626. The second kappa shape index (κ2) is 6.33. The fourth-order valence-electron chi connectivity index (χ4n) is 1.29. The molecule has 90 valence electrons. The molecule has 2 nitrogen and oxygen atoms in total. The molecular weight excluding hydrogens is 247 g/mol. The molecule has 0 bridgehead atoms. The second-order valence-corrected chi connectivity index (χ2v) is 4.91. The summed E-state index contributed by atoms with van der Waals surface area (Å²) in [7, 11) is 0. The Morgan fingerprint density at radius 3 is 2.56 bits per heavy atom. The smallest absolute Gasteiger partial charge is 0.143 e. The number of benzene rings is 1. The van der Waals surface area contributed by atoms with Crippen molar-refractivity contribution in [3.63, 3.8) is 0 Å². The molecule has 0 spiro atoms. The molecule has 0 unspecified atom stereocenters. The van der Waals surface area contributed by atoms with E-state index >= 15 is 0 Å². The Kier molecular flexibility index (Phi) is 5.39. The molecule has 16 heavy (non-hydrogen) atoms. The van der Waals surface area contributed by atoms with Crippen molar-refractivity contribution in [2.45, 2.75) is 26.9 Å². The Labute approximate surface area is 106 Å². The summed E-state index contributed by atoms with van der Waals surface area (Å²) < 4.78 is 5.57. The minimum atomic E-state index is -0.128. The van der Waals surface area contributed by atoms with E-state index in [9.17, 15) is 5.11 Å². The molecule has 0 aliphatic rings. The monoisotopic (exact) mass is 262 g/mol. The zero-order valence-electron chi connectivity index (χ0n) is 9.46. The lowest BCUT2D eigenvalue weighted by molar-refractivity contribution is 0.255. The van der Waals surface area contributed by atoms with Gasteiger partial charge in [0.05, 0.1) is 18.2 Å². The van der Waals surface area contributed by atoms with Gasteiger partial charge in [-0.25, -0.2) is 0 Å². The van der Waals surface area contributed by atoms with Crippen molar-refractivity contribution in [3.8, 4) is 5.75 Å². The minimum Gasteiger partial charge on any atom is -0.492 e. The van der Waals surface area contributed by atoms with Gasteiger partial charge in [0.15, 0.2) is 0 Å². The highest BCUT2D eigenvalue weighted by atomic mass is 35.5. The molecule has 0 aromatic heterocycles. The number of aliphatic hydroxyl groups excluding tert-OH is 1. The molecule has 0 aliphatic carbocycles. The van der Waals surface area contributed by atoms with E-state index in [0.29, 0.717) is 33.9 Å². The average molecular weight is 263 g/mol. The van der Waals surface area contributed by atoms with Crippen LogP contribution in [0.5, 0.6) is 5.75 Å². The van der Waals surface area contributed by atoms with Crippen LogP contribution < -0.4 is 4.74 Å². The Morgan fingerprint density at radius 1 is 1.31 bits per heavy atom. The predicted octanol–water partition coefficient (Wildman–Crippen LogP) is 3.91. The first kappa shape index (κ1) is 13.6. The summed E-state index contributed by atoms with van der Waals surface area (Å²) in [4.78, 5) is 0. The summed E-state index contributed by atoms with van der Waals surface area (Å²) in [6.07, 6.45) is 0.948. The van der Waals surface area contributed by atoms with Gasteiger partial charge in [-0.2, -0.15) is 0 Å². The van der Waals surface area contributed by atoms with E-state index in [0.717, 1.165) is 6.42 Å². The highest BCUT2D eigenvalue weighted by Crippen LogP contribution is 2.32. The van der Waals surface area contributed by atoms with Crippen molar-refractivity contribution < 1.29 is 9.84 Å². The van der Waals surface area contributed by atoms with Crippen molar-refractivity contribution >= 4 is 23.2 Å².